The van der Waals surface area contributed by atoms with Crippen molar-refractivity contribution >= 4 is 15.7 Å². The van der Waals surface area contributed by atoms with Crippen molar-refractivity contribution in [3.8, 4) is 0 Å². The molecule has 6 rings (SSSR count). The number of benzene rings is 3. The molecule has 0 radical (unpaired) electrons. The number of nitrogens with zero attached hydrogens (tertiary/aromatic N) is 2. The fourth-order valence-corrected chi connectivity index (χ4v) is 7.28. The Hall–Kier alpha value is -2.75. The van der Waals surface area contributed by atoms with Crippen LogP contribution in [0.4, 0.5) is 5.69 Å². The molecule has 194 valence electrons. The summed E-state index contributed by atoms with van der Waals surface area (Å²) in [5.41, 5.74) is 4.11. The Morgan fingerprint density at radius 3 is 2.38 bits per heavy atom. The van der Waals surface area contributed by atoms with Gasteiger partial charge < -0.3 is 19.1 Å². The lowest BCUT2D eigenvalue weighted by molar-refractivity contribution is -0.208. The second-order valence-electron chi connectivity index (χ2n) is 10.5. The lowest BCUT2D eigenvalue weighted by Crippen LogP contribution is -2.54. The van der Waals surface area contributed by atoms with Crippen molar-refractivity contribution in [1.29, 1.82) is 0 Å². The van der Waals surface area contributed by atoms with E-state index in [9.17, 15) is 8.42 Å². The second-order valence-corrected chi connectivity index (χ2v) is 12.4. The molecule has 37 heavy (non-hydrogen) atoms. The Morgan fingerprint density at radius 1 is 0.919 bits per heavy atom. The van der Waals surface area contributed by atoms with E-state index in [2.05, 4.69) is 23.1 Å². The molecule has 0 bridgehead atoms. The summed E-state index contributed by atoms with van der Waals surface area (Å²) in [6.45, 7) is 7.00. The number of aryl methyl sites for hydroxylation is 1. The molecule has 3 aromatic carbocycles. The van der Waals surface area contributed by atoms with E-state index in [1.165, 1.54) is 5.56 Å². The Kier molecular flexibility index (Phi) is 6.12. The van der Waals surface area contributed by atoms with E-state index in [1.54, 1.807) is 16.4 Å². The minimum Gasteiger partial charge on any atom is -0.364 e. The molecule has 0 spiro atoms. The maximum absolute atomic E-state index is 14.2. The normalized spacial score (nSPS) is 27.2. The molecule has 8 heteroatoms. The number of hydrogen-bond acceptors (Lipinski definition) is 6. The molecule has 7 nitrogen and oxygen atoms in total. The monoisotopic (exact) mass is 520 g/mol. The Morgan fingerprint density at radius 2 is 1.62 bits per heavy atom. The minimum atomic E-state index is -3.87. The second kappa shape index (κ2) is 9.22. The first-order valence-corrected chi connectivity index (χ1v) is 14.1. The van der Waals surface area contributed by atoms with Crippen LogP contribution in [-0.2, 0) is 37.3 Å². The number of ether oxygens (including phenoxy) is 3. The van der Waals surface area contributed by atoms with Crippen LogP contribution >= 0.6 is 0 Å². The largest absolute Gasteiger partial charge is 0.364 e. The molecule has 3 aliphatic heterocycles. The van der Waals surface area contributed by atoms with Crippen molar-refractivity contribution in [1.82, 2.24) is 4.31 Å². The molecule has 2 fully saturated rings. The number of fused-ring (bicyclic) bond motifs is 4. The maximum Gasteiger partial charge on any atom is 0.243 e. The Balaban J connectivity index is 1.46. The Bertz CT molecular complexity index is 1380. The first-order chi connectivity index (χ1) is 17.7. The van der Waals surface area contributed by atoms with Gasteiger partial charge in [0.15, 0.2) is 12.1 Å². The van der Waals surface area contributed by atoms with Gasteiger partial charge in [-0.25, -0.2) is 8.42 Å². The number of hydrogen-bond donors (Lipinski definition) is 0. The van der Waals surface area contributed by atoms with E-state index >= 15 is 0 Å². The van der Waals surface area contributed by atoms with Gasteiger partial charge >= 0.3 is 0 Å². The molecular weight excluding hydrogens is 488 g/mol. The third-order valence-electron chi connectivity index (χ3n) is 7.35. The molecule has 0 aromatic heterocycles. The van der Waals surface area contributed by atoms with Crippen molar-refractivity contribution in [3.63, 3.8) is 0 Å². The van der Waals surface area contributed by atoms with Crippen LogP contribution in [0.1, 0.15) is 30.5 Å². The van der Waals surface area contributed by atoms with Gasteiger partial charge in [0.05, 0.1) is 17.0 Å². The molecule has 3 heterocycles. The summed E-state index contributed by atoms with van der Waals surface area (Å²) in [6, 6.07) is 24.8. The summed E-state index contributed by atoms with van der Waals surface area (Å²) < 4.78 is 48.8. The van der Waals surface area contributed by atoms with Crippen LogP contribution in [0.2, 0.25) is 0 Å². The van der Waals surface area contributed by atoms with Gasteiger partial charge in [-0.3, -0.25) is 0 Å². The molecule has 0 amide bonds. The summed E-state index contributed by atoms with van der Waals surface area (Å²) in [6.07, 6.45) is -1.62. The first-order valence-electron chi connectivity index (χ1n) is 12.7. The molecular formula is C29H32N2O5S. The average molecular weight is 521 g/mol. The molecule has 0 saturated carbocycles. The fourth-order valence-electron chi connectivity index (χ4n) is 5.64. The topological polar surface area (TPSA) is 68.3 Å². The summed E-state index contributed by atoms with van der Waals surface area (Å²) >= 11 is 0. The maximum atomic E-state index is 14.2. The van der Waals surface area contributed by atoms with Crippen LogP contribution in [0.25, 0.3) is 0 Å². The highest BCUT2D eigenvalue weighted by molar-refractivity contribution is 7.89. The van der Waals surface area contributed by atoms with Gasteiger partial charge in [0.2, 0.25) is 10.0 Å². The summed E-state index contributed by atoms with van der Waals surface area (Å²) in [5.74, 6) is -0.858. The summed E-state index contributed by atoms with van der Waals surface area (Å²) in [4.78, 5) is 2.54. The molecule has 3 aliphatic rings. The molecule has 3 aromatic rings. The standard InChI is InChI=1S/C29H32N2O5S/c1-20-13-15-23(16-14-20)37(32,33)31-18-22-11-7-8-12-24(22)30(17-21-9-5-4-6-10-21)19-25-26(31)27-28(34-25)36-29(2,3)35-27/h4-16,25-28H,17-19H2,1-3H3/t25-,26-,27-,28-/m1/s1. The summed E-state index contributed by atoms with van der Waals surface area (Å²) in [7, 11) is -3.87. The van der Waals surface area contributed by atoms with Crippen LogP contribution in [0.3, 0.4) is 0 Å². The zero-order chi connectivity index (χ0) is 25.8. The fraction of sp³-hybridized carbons (Fsp3) is 0.379. The van der Waals surface area contributed by atoms with Crippen LogP contribution in [0.5, 0.6) is 0 Å². The van der Waals surface area contributed by atoms with Crippen molar-refractivity contribution < 1.29 is 22.6 Å². The van der Waals surface area contributed by atoms with Crippen LogP contribution in [-0.4, -0.2) is 49.6 Å². The first kappa shape index (κ1) is 24.6. The highest BCUT2D eigenvalue weighted by Crippen LogP contribution is 2.43. The van der Waals surface area contributed by atoms with E-state index in [4.69, 9.17) is 14.2 Å². The van der Waals surface area contributed by atoms with E-state index in [0.717, 1.165) is 16.8 Å². The third-order valence-corrected chi connectivity index (χ3v) is 9.21. The van der Waals surface area contributed by atoms with E-state index in [-0.39, 0.29) is 11.4 Å². The van der Waals surface area contributed by atoms with E-state index in [0.29, 0.717) is 13.1 Å². The van der Waals surface area contributed by atoms with Crippen molar-refractivity contribution in [3.05, 3.63) is 95.6 Å². The van der Waals surface area contributed by atoms with Crippen LogP contribution < -0.4 is 4.90 Å². The lowest BCUT2D eigenvalue weighted by atomic mass is 10.0. The number of sulfonamides is 1. The molecule has 0 N–H and O–H groups in total. The zero-order valence-corrected chi connectivity index (χ0v) is 22.1. The quantitative estimate of drug-likeness (QED) is 0.506. The number of anilines is 1. The minimum absolute atomic E-state index is 0.204. The highest BCUT2D eigenvalue weighted by Gasteiger charge is 2.59. The van der Waals surface area contributed by atoms with Crippen LogP contribution in [0, 0.1) is 6.92 Å². The number of para-hydroxylation sites is 1. The van der Waals surface area contributed by atoms with Gasteiger partial charge in [0.1, 0.15) is 6.10 Å². The number of rotatable bonds is 4. The average Bonchev–Trinajstić information content (AvgIpc) is 3.32. The zero-order valence-electron chi connectivity index (χ0n) is 21.3. The highest BCUT2D eigenvalue weighted by atomic mass is 32.2. The van der Waals surface area contributed by atoms with Gasteiger partial charge in [0.25, 0.3) is 0 Å². The van der Waals surface area contributed by atoms with Gasteiger partial charge in [-0.05, 0) is 50.1 Å². The third kappa shape index (κ3) is 4.57. The van der Waals surface area contributed by atoms with Gasteiger partial charge in [-0.1, -0.05) is 66.2 Å². The summed E-state index contributed by atoms with van der Waals surface area (Å²) in [5, 5.41) is 0. The predicted octanol–water partition coefficient (Wildman–Crippen LogP) is 4.45. The van der Waals surface area contributed by atoms with E-state index < -0.39 is 40.4 Å². The molecule has 0 aliphatic carbocycles. The van der Waals surface area contributed by atoms with Crippen molar-refractivity contribution in [2.24, 2.45) is 0 Å². The smallest absolute Gasteiger partial charge is 0.243 e. The predicted molar refractivity (Wildman–Crippen MR) is 140 cm³/mol. The van der Waals surface area contributed by atoms with Crippen LogP contribution in [0.15, 0.2) is 83.8 Å². The van der Waals surface area contributed by atoms with Crippen molar-refractivity contribution in [2.75, 3.05) is 11.4 Å². The lowest BCUT2D eigenvalue weighted by Gasteiger charge is -2.40. The van der Waals surface area contributed by atoms with Crippen molar-refractivity contribution in [2.45, 2.75) is 69.1 Å². The van der Waals surface area contributed by atoms with E-state index in [1.807, 2.05) is 69.3 Å². The molecule has 0 unspecified atom stereocenters. The van der Waals surface area contributed by atoms with Gasteiger partial charge in [-0.2, -0.15) is 4.31 Å². The molecule has 2 saturated heterocycles. The molecule has 4 atom stereocenters. The van der Waals surface area contributed by atoms with Gasteiger partial charge in [-0.15, -0.1) is 0 Å². The van der Waals surface area contributed by atoms with Gasteiger partial charge in [0, 0.05) is 25.3 Å². The SMILES string of the molecule is Cc1ccc(S(=O)(=O)N2Cc3ccccc3N(Cc3ccccc3)C[C@H]3O[C@@H]4OC(C)(C)O[C@@H]4[C@@H]32)cc1. The Labute approximate surface area is 218 Å².